The lowest BCUT2D eigenvalue weighted by Crippen LogP contribution is -2.59. The second-order valence-electron chi connectivity index (χ2n) is 33.2. The maximum Gasteiger partial charge on any atom is 0.306 e. The van der Waals surface area contributed by atoms with Gasteiger partial charge in [-0.3, -0.25) is 19.2 Å². The highest BCUT2D eigenvalue weighted by atomic mass is 35.5. The average molecular weight is 1530 g/mol. The summed E-state index contributed by atoms with van der Waals surface area (Å²) in [7, 11) is 18.2. The Bertz CT molecular complexity index is 3080. The van der Waals surface area contributed by atoms with E-state index >= 15 is 0 Å². The van der Waals surface area contributed by atoms with Gasteiger partial charge in [0.1, 0.15) is 48.8 Å². The third kappa shape index (κ3) is 18.4. The number of hydrogen-bond acceptors (Lipinski definition) is 22. The maximum atomic E-state index is 14.7. The zero-order chi connectivity index (χ0) is 76.3. The largest absolute Gasteiger partial charge is 0.462 e. The SMILES string of the molecule is CC[C@H]1CCC[C@H](O[C@H]2CC[C@H](N(C)C)C(C)O2)[C@@H](C)C(=O)C2=C[C@@H]3C(C(Cl)=CC4C[C@@H](O[C@@H]5OC(C)[C@H](OC)C(OC)[C@@H]5OC)C[C@H]43)[C@@H]2CC(=O)O1.CC[C@H]1CCC[C@H](O[C@H]2CC[C@H](N(C)C)C(C)O2)[C@@H](C)C(=O)C2=C[C@@H]3C(C=C(Cl)C4C[C@@H](O[C@@H]5OC(C)[C@H](OC)C(OC)[C@@H]5OC)C[C@H]43)[C@@H]2CC(=O)O1. The van der Waals surface area contributed by atoms with Gasteiger partial charge < -0.3 is 85.6 Å². The molecule has 0 amide bonds. The topological polar surface area (TPSA) is 222 Å². The number of fused-ring (bicyclic) bond motifs is 10. The highest BCUT2D eigenvalue weighted by molar-refractivity contribution is 6.30. The Morgan fingerprint density at radius 3 is 1.33 bits per heavy atom. The van der Waals surface area contributed by atoms with E-state index in [1.165, 1.54) is 0 Å². The molecule has 2 saturated carbocycles. The fourth-order valence-electron chi connectivity index (χ4n) is 20.9. The molecule has 6 aliphatic heterocycles. The fourth-order valence-corrected chi connectivity index (χ4v) is 21.8. The van der Waals surface area contributed by atoms with Crippen molar-refractivity contribution in [2.45, 2.75) is 306 Å². The minimum absolute atomic E-state index is 0.0129. The van der Waals surface area contributed by atoms with E-state index in [9.17, 15) is 19.2 Å². The summed E-state index contributed by atoms with van der Waals surface area (Å²) in [6.07, 6.45) is 15.2. The number of methoxy groups -OCH3 is 6. The van der Waals surface area contributed by atoms with Crippen LogP contribution in [0.4, 0.5) is 0 Å². The van der Waals surface area contributed by atoms with Crippen molar-refractivity contribution in [3.63, 3.8) is 0 Å². The van der Waals surface area contributed by atoms with Crippen LogP contribution in [0, 0.1) is 71.0 Å². The van der Waals surface area contributed by atoms with Crippen molar-refractivity contribution in [3.05, 3.63) is 45.5 Å². The third-order valence-corrected chi connectivity index (χ3v) is 27.4. The van der Waals surface area contributed by atoms with Crippen molar-refractivity contribution < 1.29 is 95.0 Å². The number of Topliss-reactive ketones (excluding diaryl/α,β-unsaturated/α-hetero) is 2. The van der Waals surface area contributed by atoms with Crippen molar-refractivity contribution in [2.24, 2.45) is 71.0 Å². The van der Waals surface area contributed by atoms with Crippen LogP contribution in [0.3, 0.4) is 0 Å². The number of likely N-dealkylation sites (N-methyl/N-ethyl adjacent to an activating group) is 2. The summed E-state index contributed by atoms with van der Waals surface area (Å²) in [6, 6.07) is 0.651. The summed E-state index contributed by atoms with van der Waals surface area (Å²) in [5.74, 6) is -1.64. The quantitative estimate of drug-likeness (QED) is 0.116. The molecule has 10 unspecified atom stereocenters. The van der Waals surface area contributed by atoms with Gasteiger partial charge in [-0.05, 0) is 205 Å². The number of carbonyl (C=O) groups excluding carboxylic acids is 4. The van der Waals surface area contributed by atoms with Crippen LogP contribution in [0.2, 0.25) is 0 Å². The molecular weight excluding hydrogens is 1400 g/mol. The van der Waals surface area contributed by atoms with Crippen LogP contribution in [0.1, 0.15) is 171 Å². The molecule has 24 heteroatoms. The molecule has 0 aromatic carbocycles. The zero-order valence-electron chi connectivity index (χ0n) is 66.5. The van der Waals surface area contributed by atoms with E-state index in [4.69, 9.17) is 99.0 Å². The van der Waals surface area contributed by atoms with E-state index in [1.807, 2.05) is 27.7 Å². The first-order valence-electron chi connectivity index (χ1n) is 40.2. The number of esters is 2. The first-order chi connectivity index (χ1) is 50.8. The highest BCUT2D eigenvalue weighted by Gasteiger charge is 2.57. The second-order valence-corrected chi connectivity index (χ2v) is 34.1. The molecule has 6 saturated heterocycles. The number of rotatable bonds is 18. The van der Waals surface area contributed by atoms with Crippen LogP contribution >= 0.6 is 23.2 Å². The van der Waals surface area contributed by atoms with Gasteiger partial charge in [-0.2, -0.15) is 0 Å². The van der Waals surface area contributed by atoms with Crippen LogP contribution in [-0.2, 0) is 95.0 Å². The Morgan fingerprint density at radius 2 is 0.877 bits per heavy atom. The minimum Gasteiger partial charge on any atom is -0.462 e. The van der Waals surface area contributed by atoms with E-state index in [0.29, 0.717) is 41.1 Å². The Morgan fingerprint density at radius 1 is 0.434 bits per heavy atom. The van der Waals surface area contributed by atoms with E-state index in [-0.39, 0.29) is 194 Å². The van der Waals surface area contributed by atoms with Crippen LogP contribution in [-0.4, -0.2) is 239 Å². The predicted octanol–water partition coefficient (Wildman–Crippen LogP) is 12.1. The van der Waals surface area contributed by atoms with Crippen molar-refractivity contribution in [1.82, 2.24) is 9.80 Å². The van der Waals surface area contributed by atoms with E-state index in [0.717, 1.165) is 94.9 Å². The molecule has 0 aromatic heterocycles. The molecule has 6 heterocycles. The van der Waals surface area contributed by atoms with Crippen LogP contribution in [0.25, 0.3) is 0 Å². The third-order valence-electron chi connectivity index (χ3n) is 26.6. The molecular formula is C82H128Cl2N2O20. The van der Waals surface area contributed by atoms with Crippen LogP contribution < -0.4 is 0 Å². The monoisotopic (exact) mass is 1530 g/mol. The Labute approximate surface area is 641 Å². The number of allylic oxidation sites excluding steroid dienone is 8. The number of halogens is 2. The van der Waals surface area contributed by atoms with E-state index in [2.05, 4.69) is 90.0 Å². The molecule has 12 rings (SSSR count). The summed E-state index contributed by atoms with van der Waals surface area (Å²) >= 11 is 14.3. The van der Waals surface area contributed by atoms with Gasteiger partial charge in [0.25, 0.3) is 0 Å². The number of ketones is 2. The first kappa shape index (κ1) is 84.1. The molecule has 34 atom stereocenters. The summed E-state index contributed by atoms with van der Waals surface area (Å²) in [4.78, 5) is 60.9. The second kappa shape index (κ2) is 37.4. The Balaban J connectivity index is 0.000000212. The molecule has 12 aliphatic rings. The zero-order valence-corrected chi connectivity index (χ0v) is 68.0. The highest BCUT2D eigenvalue weighted by Crippen LogP contribution is 2.59. The first-order valence-corrected chi connectivity index (χ1v) is 40.9. The number of nitrogens with zero attached hydrogens (tertiary/aromatic N) is 2. The Kier molecular flexibility index (Phi) is 29.7. The summed E-state index contributed by atoms with van der Waals surface area (Å²) in [5, 5.41) is 1.49. The van der Waals surface area contributed by atoms with Gasteiger partial charge in [0.2, 0.25) is 0 Å². The van der Waals surface area contributed by atoms with Gasteiger partial charge >= 0.3 is 11.9 Å². The average Bonchev–Trinajstić information content (AvgIpc) is 1.59. The van der Waals surface area contributed by atoms with Gasteiger partial charge in [0, 0.05) is 100 Å². The summed E-state index contributed by atoms with van der Waals surface area (Å²) in [6.45, 7) is 16.2. The molecule has 0 aromatic rings. The fraction of sp³-hybridized carbons (Fsp3) is 0.854. The lowest BCUT2D eigenvalue weighted by molar-refractivity contribution is -0.314. The summed E-state index contributed by atoms with van der Waals surface area (Å²) < 4.78 is 99.1. The van der Waals surface area contributed by atoms with Crippen molar-refractivity contribution in [1.29, 1.82) is 0 Å². The van der Waals surface area contributed by atoms with Gasteiger partial charge in [0.15, 0.2) is 36.7 Å². The molecule has 106 heavy (non-hydrogen) atoms. The minimum atomic E-state index is -0.641. The Hall–Kier alpha value is -2.82. The molecule has 0 N–H and O–H groups in total. The molecule has 0 bridgehead atoms. The lowest BCUT2D eigenvalue weighted by Gasteiger charge is -2.44. The lowest BCUT2D eigenvalue weighted by atomic mass is 9.70. The van der Waals surface area contributed by atoms with Crippen molar-refractivity contribution in [2.75, 3.05) is 70.8 Å². The predicted molar refractivity (Wildman–Crippen MR) is 398 cm³/mol. The van der Waals surface area contributed by atoms with Gasteiger partial charge in [-0.15, -0.1) is 0 Å². The van der Waals surface area contributed by atoms with Crippen LogP contribution in [0.5, 0.6) is 0 Å². The smallest absolute Gasteiger partial charge is 0.306 e. The number of cyclic esters (lactones) is 2. The maximum absolute atomic E-state index is 14.7. The van der Waals surface area contributed by atoms with E-state index in [1.54, 1.807) is 42.7 Å². The van der Waals surface area contributed by atoms with Crippen molar-refractivity contribution >= 4 is 46.7 Å². The molecule has 22 nitrogen and oxygen atoms in total. The number of hydrogen-bond donors (Lipinski definition) is 0. The van der Waals surface area contributed by atoms with Crippen molar-refractivity contribution in [3.8, 4) is 0 Å². The summed E-state index contributed by atoms with van der Waals surface area (Å²) in [5.41, 5.74) is 1.40. The number of ether oxygens (including phenoxy) is 16. The normalized spacial score (nSPS) is 45.3. The van der Waals surface area contributed by atoms with Gasteiger partial charge in [0.05, 0.1) is 61.7 Å². The molecule has 600 valence electrons. The van der Waals surface area contributed by atoms with Gasteiger partial charge in [-0.25, -0.2) is 0 Å². The standard InChI is InChI=1S/2C41H64ClNO10/c1-10-25-12-11-13-33(53-35-15-14-32(43(5)6)22(3)49-35)21(2)37(45)30-19-28-27-18-26(16-24(27)17-31(42)36(28)29(30)20-34(44)51-25)52-41-40(48-9)39(47-8)38(46-7)23(4)50-41;1-10-24-12-11-13-34(53-36-15-14-33(43(5)6)22(3)49-36)21(2)37(45)31-18-27-26-16-25(17-30(26)32(42)19-28(27)29(31)20-35(44)51-24)52-41-40(48-9)39(47-8)38(46-7)23(4)50-41/h17,19,21-29,32-33,35-36,38-41H,10-16,18,20H2,1-9H3;18-19,21-30,33-34,36,38-41H,10-17,20H2,1-9H3/t21-,22?,23?,24?,25+,26-,27-,28+,29-,32+,33+,35+,36?,38+,39?,40+,41+;21-,22?,23?,24+,25+,26+,27+,28?,29+,30?,33+,34+,36+,38+,39?,40+,41+/m11/s1. The van der Waals surface area contributed by atoms with Gasteiger partial charge in [-0.1, -0.05) is 75.2 Å². The van der Waals surface area contributed by atoms with E-state index < -0.39 is 36.6 Å². The molecule has 0 spiro atoms. The van der Waals surface area contributed by atoms with Crippen LogP contribution in [0.15, 0.2) is 45.5 Å². The molecule has 6 aliphatic carbocycles. The molecule has 0 radical (unpaired) electrons. The molecule has 8 fully saturated rings. The number of carbonyl (C=O) groups is 4.